The maximum absolute atomic E-state index is 8.90. The minimum atomic E-state index is -0.250. The average Bonchev–Trinajstić information content (AvgIpc) is 2.76. The predicted molar refractivity (Wildman–Crippen MR) is 59.4 cm³/mol. The van der Waals surface area contributed by atoms with Crippen LogP contribution in [-0.4, -0.2) is 22.1 Å². The number of aromatic nitrogens is 2. The molecule has 0 saturated carbocycles. The Morgan fingerprint density at radius 1 is 1.41 bits per heavy atom. The van der Waals surface area contributed by atoms with Gasteiger partial charge >= 0.3 is 0 Å². The summed E-state index contributed by atoms with van der Waals surface area (Å²) >= 11 is 0. The molecule has 1 heterocycles. The van der Waals surface area contributed by atoms with Gasteiger partial charge in [-0.3, -0.25) is 0 Å². The van der Waals surface area contributed by atoms with Crippen LogP contribution in [0.25, 0.3) is 0 Å². The van der Waals surface area contributed by atoms with E-state index in [0.717, 1.165) is 6.54 Å². The summed E-state index contributed by atoms with van der Waals surface area (Å²) < 4.78 is 1.60. The van der Waals surface area contributed by atoms with Crippen LogP contribution in [0.5, 0.6) is 0 Å². The van der Waals surface area contributed by atoms with Gasteiger partial charge in [0.1, 0.15) is 12.1 Å². The zero-order chi connectivity index (χ0) is 12.7. The molecule has 0 aliphatic heterocycles. The lowest BCUT2D eigenvalue weighted by Gasteiger charge is -2.10. The van der Waals surface area contributed by atoms with E-state index in [2.05, 4.69) is 16.4 Å². The van der Waals surface area contributed by atoms with Gasteiger partial charge in [-0.1, -0.05) is 6.92 Å². The first kappa shape index (κ1) is 12.7. The van der Waals surface area contributed by atoms with Crippen molar-refractivity contribution >= 4 is 0 Å². The van der Waals surface area contributed by atoms with Gasteiger partial charge in [0.05, 0.1) is 18.4 Å². The van der Waals surface area contributed by atoms with Crippen molar-refractivity contribution in [3.63, 3.8) is 0 Å². The zero-order valence-corrected chi connectivity index (χ0v) is 9.51. The largest absolute Gasteiger partial charge is 0.321 e. The molecule has 17 heavy (non-hydrogen) atoms. The second-order valence-electron chi connectivity index (χ2n) is 3.39. The van der Waals surface area contributed by atoms with Crippen molar-refractivity contribution in [2.45, 2.75) is 25.9 Å². The van der Waals surface area contributed by atoms with Crippen molar-refractivity contribution in [3.05, 3.63) is 17.7 Å². The molecular formula is C11H12N6. The van der Waals surface area contributed by atoms with Crippen LogP contribution < -0.4 is 5.32 Å². The van der Waals surface area contributed by atoms with Gasteiger partial charge < -0.3 is 9.88 Å². The smallest absolute Gasteiger partial charge is 0.176 e. The molecule has 0 bridgehead atoms. The number of nitrogens with zero attached hydrogens (tertiary/aromatic N) is 5. The second-order valence-corrected chi connectivity index (χ2v) is 3.39. The Balaban J connectivity index is 2.71. The highest BCUT2D eigenvalue weighted by Crippen LogP contribution is 2.06. The van der Waals surface area contributed by atoms with Crippen molar-refractivity contribution < 1.29 is 0 Å². The molecule has 0 aromatic carbocycles. The monoisotopic (exact) mass is 228 g/mol. The Hall–Kier alpha value is -2.36. The predicted octanol–water partition coefficient (Wildman–Crippen LogP) is 0.518. The van der Waals surface area contributed by atoms with Crippen LogP contribution in [0.15, 0.2) is 6.33 Å². The van der Waals surface area contributed by atoms with Crippen LogP contribution in [0.4, 0.5) is 0 Å². The van der Waals surface area contributed by atoms with Crippen molar-refractivity contribution in [3.8, 4) is 18.2 Å². The Bertz CT molecular complexity index is 496. The summed E-state index contributed by atoms with van der Waals surface area (Å²) in [4.78, 5) is 3.83. The van der Waals surface area contributed by atoms with E-state index in [9.17, 15) is 0 Å². The standard InChI is InChI=1S/C11H12N6/c1-2-15-9(5-12)3-4-17-8-16-10(6-13)11(17)7-14/h8-9,15H,2-4H2,1H3. The van der Waals surface area contributed by atoms with E-state index in [1.807, 2.05) is 19.1 Å². The minimum Gasteiger partial charge on any atom is -0.321 e. The van der Waals surface area contributed by atoms with Crippen LogP contribution in [0.3, 0.4) is 0 Å². The number of rotatable bonds is 5. The highest BCUT2D eigenvalue weighted by molar-refractivity contribution is 5.35. The van der Waals surface area contributed by atoms with E-state index in [0.29, 0.717) is 13.0 Å². The van der Waals surface area contributed by atoms with E-state index in [4.69, 9.17) is 15.8 Å². The van der Waals surface area contributed by atoms with Gasteiger partial charge in [0.2, 0.25) is 0 Å². The number of nitriles is 3. The number of hydrogen-bond donors (Lipinski definition) is 1. The molecule has 1 unspecified atom stereocenters. The molecule has 1 atom stereocenters. The SMILES string of the molecule is CCNC(C#N)CCn1cnc(C#N)c1C#N. The van der Waals surface area contributed by atoms with Crippen molar-refractivity contribution in [1.29, 1.82) is 15.8 Å². The molecule has 1 aromatic rings. The third kappa shape index (κ3) is 3.04. The van der Waals surface area contributed by atoms with Crippen molar-refractivity contribution in [2.24, 2.45) is 0 Å². The van der Waals surface area contributed by atoms with E-state index in [-0.39, 0.29) is 17.4 Å². The maximum Gasteiger partial charge on any atom is 0.176 e. The van der Waals surface area contributed by atoms with Gasteiger partial charge in [-0.05, 0) is 13.0 Å². The van der Waals surface area contributed by atoms with Gasteiger partial charge in [-0.15, -0.1) is 0 Å². The lowest BCUT2D eigenvalue weighted by atomic mass is 10.2. The van der Waals surface area contributed by atoms with E-state index in [1.165, 1.54) is 6.33 Å². The Morgan fingerprint density at radius 3 is 2.71 bits per heavy atom. The fourth-order valence-electron chi connectivity index (χ4n) is 1.48. The summed E-state index contributed by atoms with van der Waals surface area (Å²) in [5, 5.41) is 29.5. The Morgan fingerprint density at radius 2 is 2.18 bits per heavy atom. The van der Waals surface area contributed by atoms with Crippen molar-refractivity contribution in [2.75, 3.05) is 6.54 Å². The zero-order valence-electron chi connectivity index (χ0n) is 9.51. The lowest BCUT2D eigenvalue weighted by molar-refractivity contribution is 0.526. The molecule has 0 radical (unpaired) electrons. The molecule has 0 aliphatic rings. The molecule has 1 aromatic heterocycles. The second kappa shape index (κ2) is 6.27. The molecule has 0 fully saturated rings. The summed E-state index contributed by atoms with van der Waals surface area (Å²) in [6, 6.07) is 5.69. The third-order valence-electron chi connectivity index (χ3n) is 2.31. The molecule has 0 aliphatic carbocycles. The quantitative estimate of drug-likeness (QED) is 0.791. The third-order valence-corrected chi connectivity index (χ3v) is 2.31. The molecular weight excluding hydrogens is 216 g/mol. The highest BCUT2D eigenvalue weighted by Gasteiger charge is 2.11. The normalized spacial score (nSPS) is 11.2. The first-order valence-corrected chi connectivity index (χ1v) is 5.25. The van der Waals surface area contributed by atoms with Crippen LogP contribution >= 0.6 is 0 Å². The van der Waals surface area contributed by atoms with Gasteiger partial charge in [-0.25, -0.2) is 4.98 Å². The average molecular weight is 228 g/mol. The molecule has 0 amide bonds. The van der Waals surface area contributed by atoms with E-state index >= 15 is 0 Å². The van der Waals surface area contributed by atoms with Crippen LogP contribution in [-0.2, 0) is 6.54 Å². The molecule has 86 valence electrons. The fraction of sp³-hybridized carbons (Fsp3) is 0.455. The Labute approximate surface area is 99.7 Å². The molecule has 0 saturated heterocycles. The van der Waals surface area contributed by atoms with Crippen LogP contribution in [0.1, 0.15) is 24.7 Å². The molecule has 0 spiro atoms. The number of hydrogen-bond acceptors (Lipinski definition) is 5. The minimum absolute atomic E-state index is 0.129. The van der Waals surface area contributed by atoms with Gasteiger partial charge in [0, 0.05) is 6.54 Å². The summed E-state index contributed by atoms with van der Waals surface area (Å²) in [5.41, 5.74) is 0.380. The van der Waals surface area contributed by atoms with Gasteiger partial charge in [0.25, 0.3) is 0 Å². The number of nitrogens with one attached hydrogen (secondary N) is 1. The summed E-state index contributed by atoms with van der Waals surface area (Å²) in [5.74, 6) is 0. The first-order chi connectivity index (χ1) is 8.26. The fourth-order valence-corrected chi connectivity index (χ4v) is 1.48. The lowest BCUT2D eigenvalue weighted by Crippen LogP contribution is -2.28. The molecule has 6 heteroatoms. The van der Waals surface area contributed by atoms with Gasteiger partial charge in [-0.2, -0.15) is 15.8 Å². The highest BCUT2D eigenvalue weighted by atomic mass is 15.1. The summed E-state index contributed by atoms with van der Waals surface area (Å²) in [6.45, 7) is 3.13. The Kier molecular flexibility index (Phi) is 4.69. The van der Waals surface area contributed by atoms with E-state index in [1.54, 1.807) is 4.57 Å². The van der Waals surface area contributed by atoms with Crippen LogP contribution in [0, 0.1) is 34.0 Å². The molecule has 1 rings (SSSR count). The first-order valence-electron chi connectivity index (χ1n) is 5.25. The van der Waals surface area contributed by atoms with Crippen molar-refractivity contribution in [1.82, 2.24) is 14.9 Å². The van der Waals surface area contributed by atoms with Crippen LogP contribution in [0.2, 0.25) is 0 Å². The summed E-state index contributed by atoms with van der Waals surface area (Å²) in [7, 11) is 0. The van der Waals surface area contributed by atoms with E-state index < -0.39 is 0 Å². The summed E-state index contributed by atoms with van der Waals surface area (Å²) in [6.07, 6.45) is 2.03. The molecule has 1 N–H and O–H groups in total. The van der Waals surface area contributed by atoms with Gasteiger partial charge in [0.15, 0.2) is 11.4 Å². The maximum atomic E-state index is 8.90. The molecule has 6 nitrogen and oxygen atoms in total. The topological polar surface area (TPSA) is 101 Å². The number of aryl methyl sites for hydroxylation is 1. The number of imidazole rings is 1.